The van der Waals surface area contributed by atoms with Crippen molar-refractivity contribution in [3.63, 3.8) is 0 Å². The van der Waals surface area contributed by atoms with E-state index in [0.717, 1.165) is 11.6 Å². The highest BCUT2D eigenvalue weighted by atomic mass is 32.1. The lowest BCUT2D eigenvalue weighted by Gasteiger charge is -2.09. The molecule has 1 rings (SSSR count). The molecule has 1 unspecified atom stereocenters. The maximum absolute atomic E-state index is 5.50. The number of nitrogens with zero attached hydrogens (tertiary/aromatic N) is 2. The zero-order chi connectivity index (χ0) is 9.68. The molecule has 0 amide bonds. The quantitative estimate of drug-likeness (QED) is 0.557. The van der Waals surface area contributed by atoms with E-state index in [1.807, 2.05) is 11.6 Å². The van der Waals surface area contributed by atoms with Gasteiger partial charge in [-0.05, 0) is 0 Å². The Bertz CT molecular complexity index is 268. The zero-order valence-corrected chi connectivity index (χ0v) is 8.64. The van der Waals surface area contributed by atoms with Gasteiger partial charge in [-0.1, -0.05) is 6.92 Å². The number of nitrogens with two attached hydrogens (primary N) is 1. The van der Waals surface area contributed by atoms with Crippen molar-refractivity contribution in [2.45, 2.75) is 12.8 Å². The maximum atomic E-state index is 5.50. The Kier molecular flexibility index (Phi) is 3.70. The molecule has 1 aromatic rings. The van der Waals surface area contributed by atoms with Gasteiger partial charge in [0.05, 0.1) is 5.01 Å². The van der Waals surface area contributed by atoms with E-state index in [4.69, 9.17) is 5.73 Å². The van der Waals surface area contributed by atoms with Crippen molar-refractivity contribution in [1.29, 1.82) is 0 Å². The fourth-order valence-electron chi connectivity index (χ4n) is 0.902. The Balaban J connectivity index is 2.38. The molecule has 0 saturated carbocycles. The second-order valence-corrected chi connectivity index (χ2v) is 3.69. The van der Waals surface area contributed by atoms with Crippen molar-refractivity contribution in [2.24, 2.45) is 10.7 Å². The Hall–Kier alpha value is -1.10. The van der Waals surface area contributed by atoms with Gasteiger partial charge in [0.2, 0.25) is 0 Å². The van der Waals surface area contributed by atoms with Crippen LogP contribution in [0.1, 0.15) is 17.8 Å². The van der Waals surface area contributed by atoms with Gasteiger partial charge in [0.15, 0.2) is 5.96 Å². The predicted molar refractivity (Wildman–Crippen MR) is 56.1 cm³/mol. The molecule has 0 aliphatic carbocycles. The van der Waals surface area contributed by atoms with Crippen LogP contribution < -0.4 is 11.1 Å². The van der Waals surface area contributed by atoms with E-state index in [1.54, 1.807) is 18.4 Å². The third-order valence-corrected chi connectivity index (χ3v) is 2.71. The molecule has 4 nitrogen and oxygen atoms in total. The summed E-state index contributed by atoms with van der Waals surface area (Å²) < 4.78 is 0. The first-order valence-electron chi connectivity index (χ1n) is 4.09. The first-order valence-corrected chi connectivity index (χ1v) is 4.97. The van der Waals surface area contributed by atoms with Crippen LogP contribution in [0.5, 0.6) is 0 Å². The van der Waals surface area contributed by atoms with Gasteiger partial charge in [0, 0.05) is 31.1 Å². The van der Waals surface area contributed by atoms with Crippen LogP contribution in [0.25, 0.3) is 0 Å². The molecule has 1 heterocycles. The van der Waals surface area contributed by atoms with Crippen molar-refractivity contribution in [2.75, 3.05) is 13.6 Å². The van der Waals surface area contributed by atoms with E-state index in [9.17, 15) is 0 Å². The van der Waals surface area contributed by atoms with Gasteiger partial charge in [-0.15, -0.1) is 11.3 Å². The van der Waals surface area contributed by atoms with Gasteiger partial charge < -0.3 is 11.1 Å². The standard InChI is InChI=1S/C8H14N4S/c1-6(5-12-8(9)10-2)7-11-3-4-13-7/h3-4,6H,5H2,1-2H3,(H3,9,10,12). The minimum Gasteiger partial charge on any atom is -0.370 e. The van der Waals surface area contributed by atoms with Crippen molar-refractivity contribution >= 4 is 17.3 Å². The number of thiazole rings is 1. The summed E-state index contributed by atoms with van der Waals surface area (Å²) in [7, 11) is 1.66. The maximum Gasteiger partial charge on any atom is 0.188 e. The molecule has 0 bridgehead atoms. The average molecular weight is 198 g/mol. The van der Waals surface area contributed by atoms with E-state index >= 15 is 0 Å². The highest BCUT2D eigenvalue weighted by Gasteiger charge is 2.07. The highest BCUT2D eigenvalue weighted by Crippen LogP contribution is 2.15. The number of guanidine groups is 1. The number of hydrogen-bond donors (Lipinski definition) is 2. The van der Waals surface area contributed by atoms with E-state index in [1.165, 1.54) is 0 Å². The molecule has 0 aliphatic rings. The molecule has 1 atom stereocenters. The lowest BCUT2D eigenvalue weighted by molar-refractivity contribution is 0.711. The Morgan fingerprint density at radius 3 is 3.15 bits per heavy atom. The smallest absolute Gasteiger partial charge is 0.188 e. The van der Waals surface area contributed by atoms with Crippen LogP contribution in [0, 0.1) is 0 Å². The molecule has 0 radical (unpaired) electrons. The fourth-order valence-corrected chi connectivity index (χ4v) is 1.60. The van der Waals surface area contributed by atoms with Gasteiger partial charge in [0.1, 0.15) is 0 Å². The third kappa shape index (κ3) is 3.02. The molecule has 5 heteroatoms. The molecule has 13 heavy (non-hydrogen) atoms. The summed E-state index contributed by atoms with van der Waals surface area (Å²) in [5.74, 6) is 0.851. The fraction of sp³-hybridized carbons (Fsp3) is 0.500. The molecule has 3 N–H and O–H groups in total. The van der Waals surface area contributed by atoms with Gasteiger partial charge >= 0.3 is 0 Å². The Morgan fingerprint density at radius 1 is 1.85 bits per heavy atom. The lowest BCUT2D eigenvalue weighted by Crippen LogP contribution is -2.34. The SMILES string of the molecule is CN=C(N)NCC(C)c1nccs1. The van der Waals surface area contributed by atoms with Crippen LogP contribution in [-0.4, -0.2) is 24.5 Å². The molecule has 0 spiro atoms. The van der Waals surface area contributed by atoms with Crippen LogP contribution in [-0.2, 0) is 0 Å². The number of nitrogens with one attached hydrogen (secondary N) is 1. The summed E-state index contributed by atoms with van der Waals surface area (Å²) in [6, 6.07) is 0. The number of rotatable bonds is 3. The molecule has 1 aromatic heterocycles. The first-order chi connectivity index (χ1) is 6.24. The van der Waals surface area contributed by atoms with Crippen LogP contribution in [0.2, 0.25) is 0 Å². The Morgan fingerprint density at radius 2 is 2.62 bits per heavy atom. The molecule has 0 saturated heterocycles. The largest absolute Gasteiger partial charge is 0.370 e. The summed E-state index contributed by atoms with van der Waals surface area (Å²) >= 11 is 1.66. The summed E-state index contributed by atoms with van der Waals surface area (Å²) in [4.78, 5) is 8.03. The van der Waals surface area contributed by atoms with Crippen molar-refractivity contribution in [1.82, 2.24) is 10.3 Å². The van der Waals surface area contributed by atoms with E-state index in [-0.39, 0.29) is 0 Å². The zero-order valence-electron chi connectivity index (χ0n) is 7.82. The number of hydrogen-bond acceptors (Lipinski definition) is 3. The monoisotopic (exact) mass is 198 g/mol. The first kappa shape index (κ1) is 9.98. The van der Waals surface area contributed by atoms with Gasteiger partial charge in [-0.25, -0.2) is 4.98 Å². The van der Waals surface area contributed by atoms with E-state index in [2.05, 4.69) is 22.2 Å². The van der Waals surface area contributed by atoms with Gasteiger partial charge in [-0.3, -0.25) is 4.99 Å². The van der Waals surface area contributed by atoms with Crippen LogP contribution in [0.4, 0.5) is 0 Å². The second kappa shape index (κ2) is 4.81. The minimum absolute atomic E-state index is 0.375. The van der Waals surface area contributed by atoms with E-state index in [0.29, 0.717) is 11.9 Å². The summed E-state index contributed by atoms with van der Waals surface area (Å²) in [5.41, 5.74) is 5.50. The molecule has 72 valence electrons. The lowest BCUT2D eigenvalue weighted by atomic mass is 10.2. The van der Waals surface area contributed by atoms with Crippen LogP contribution in [0.3, 0.4) is 0 Å². The second-order valence-electron chi connectivity index (χ2n) is 2.76. The normalized spacial score (nSPS) is 14.2. The predicted octanol–water partition coefficient (Wildman–Crippen LogP) is 0.781. The molecule has 0 aliphatic heterocycles. The van der Waals surface area contributed by atoms with Gasteiger partial charge in [-0.2, -0.15) is 0 Å². The van der Waals surface area contributed by atoms with Crippen molar-refractivity contribution < 1.29 is 0 Å². The number of aromatic nitrogens is 1. The molecular weight excluding hydrogens is 184 g/mol. The average Bonchev–Trinajstić information content (AvgIpc) is 2.66. The van der Waals surface area contributed by atoms with E-state index < -0.39 is 0 Å². The summed E-state index contributed by atoms with van der Waals surface area (Å²) in [5, 5.41) is 6.11. The van der Waals surface area contributed by atoms with Crippen LogP contribution in [0.15, 0.2) is 16.6 Å². The molecule has 0 aromatic carbocycles. The van der Waals surface area contributed by atoms with Gasteiger partial charge in [0.25, 0.3) is 0 Å². The van der Waals surface area contributed by atoms with Crippen molar-refractivity contribution in [3.8, 4) is 0 Å². The molecule has 0 fully saturated rings. The third-order valence-electron chi connectivity index (χ3n) is 1.70. The summed E-state index contributed by atoms with van der Waals surface area (Å²) in [6.07, 6.45) is 1.81. The minimum atomic E-state index is 0.375. The molecular formula is C8H14N4S. The summed E-state index contributed by atoms with van der Waals surface area (Å²) in [6.45, 7) is 2.88. The van der Waals surface area contributed by atoms with Crippen LogP contribution >= 0.6 is 11.3 Å². The van der Waals surface area contributed by atoms with Crippen molar-refractivity contribution in [3.05, 3.63) is 16.6 Å². The number of aliphatic imine (C=N–C) groups is 1. The topological polar surface area (TPSA) is 63.3 Å². The Labute approximate surface area is 81.9 Å². The highest BCUT2D eigenvalue weighted by molar-refractivity contribution is 7.09.